The molecule has 0 saturated heterocycles. The van der Waals surface area contributed by atoms with Crippen molar-refractivity contribution in [2.75, 3.05) is 12.9 Å². The SMILES string of the molecule is CS(=O)(=O)c1nc(OCC2CCCCC2)c(-c2ccc(Cl)cc2)c(-c2ccc(Cl)cc2Cl)n1. The van der Waals surface area contributed by atoms with Crippen LogP contribution in [-0.2, 0) is 9.84 Å². The summed E-state index contributed by atoms with van der Waals surface area (Å²) in [6.07, 6.45) is 6.80. The Morgan fingerprint density at radius 1 is 0.939 bits per heavy atom. The number of hydrogen-bond donors (Lipinski definition) is 0. The van der Waals surface area contributed by atoms with Crippen molar-refractivity contribution in [1.29, 1.82) is 0 Å². The summed E-state index contributed by atoms with van der Waals surface area (Å²) >= 11 is 18.7. The number of aromatic nitrogens is 2. The van der Waals surface area contributed by atoms with Crippen LogP contribution in [0.5, 0.6) is 5.88 Å². The molecule has 1 fully saturated rings. The molecule has 1 saturated carbocycles. The molecule has 0 unspecified atom stereocenters. The van der Waals surface area contributed by atoms with Crippen LogP contribution in [-0.4, -0.2) is 31.2 Å². The van der Waals surface area contributed by atoms with E-state index in [0.717, 1.165) is 24.7 Å². The Hall–Kier alpha value is -1.86. The third kappa shape index (κ3) is 5.80. The van der Waals surface area contributed by atoms with Crippen molar-refractivity contribution in [2.45, 2.75) is 37.3 Å². The van der Waals surface area contributed by atoms with Gasteiger partial charge in [-0.05, 0) is 54.7 Å². The van der Waals surface area contributed by atoms with Crippen LogP contribution in [0.2, 0.25) is 15.1 Å². The average Bonchev–Trinajstić information content (AvgIpc) is 2.78. The van der Waals surface area contributed by atoms with Crippen molar-refractivity contribution in [3.05, 3.63) is 57.5 Å². The minimum atomic E-state index is -3.72. The lowest BCUT2D eigenvalue weighted by Crippen LogP contribution is -2.17. The number of halogens is 3. The van der Waals surface area contributed by atoms with Gasteiger partial charge in [-0.25, -0.2) is 13.4 Å². The van der Waals surface area contributed by atoms with Gasteiger partial charge in [0.2, 0.25) is 15.7 Å². The smallest absolute Gasteiger partial charge is 0.250 e. The molecule has 5 nitrogen and oxygen atoms in total. The molecule has 0 aliphatic heterocycles. The largest absolute Gasteiger partial charge is 0.477 e. The van der Waals surface area contributed by atoms with Gasteiger partial charge < -0.3 is 4.74 Å². The Labute approximate surface area is 209 Å². The molecule has 1 aromatic heterocycles. The second-order valence-corrected chi connectivity index (χ2v) is 11.4. The topological polar surface area (TPSA) is 69.2 Å². The molecule has 1 aliphatic carbocycles. The Bertz CT molecular complexity index is 1260. The van der Waals surface area contributed by atoms with Gasteiger partial charge in [0.15, 0.2) is 0 Å². The molecule has 0 bridgehead atoms. The van der Waals surface area contributed by atoms with Crippen LogP contribution in [0.15, 0.2) is 47.6 Å². The van der Waals surface area contributed by atoms with E-state index in [2.05, 4.69) is 9.97 Å². The van der Waals surface area contributed by atoms with Crippen molar-refractivity contribution in [1.82, 2.24) is 9.97 Å². The van der Waals surface area contributed by atoms with Crippen LogP contribution in [0.1, 0.15) is 32.1 Å². The standard InChI is InChI=1S/C24H23Cl3N2O3S/c1-33(30,31)24-28-22(19-12-11-18(26)13-20(19)27)21(16-7-9-17(25)10-8-16)23(29-24)32-14-15-5-3-2-4-6-15/h7-13,15H,2-6,14H2,1H3. The summed E-state index contributed by atoms with van der Waals surface area (Å²) in [4.78, 5) is 8.76. The quantitative estimate of drug-likeness (QED) is 0.320. The van der Waals surface area contributed by atoms with E-state index in [1.807, 2.05) is 12.1 Å². The zero-order valence-corrected chi connectivity index (χ0v) is 21.1. The molecular formula is C24H23Cl3N2O3S. The van der Waals surface area contributed by atoms with Crippen molar-refractivity contribution in [3.8, 4) is 28.3 Å². The van der Waals surface area contributed by atoms with Crippen LogP contribution in [0.25, 0.3) is 22.4 Å². The summed E-state index contributed by atoms with van der Waals surface area (Å²) in [6.45, 7) is 0.453. The number of ether oxygens (including phenoxy) is 1. The first kappa shape index (κ1) is 24.3. The van der Waals surface area contributed by atoms with Gasteiger partial charge in [-0.3, -0.25) is 0 Å². The summed E-state index contributed by atoms with van der Waals surface area (Å²) in [5.74, 6) is 0.607. The maximum absolute atomic E-state index is 12.5. The van der Waals surface area contributed by atoms with Gasteiger partial charge in [-0.2, -0.15) is 4.98 Å². The highest BCUT2D eigenvalue weighted by molar-refractivity contribution is 7.90. The maximum atomic E-state index is 12.5. The van der Waals surface area contributed by atoms with Crippen LogP contribution in [0.4, 0.5) is 0 Å². The fourth-order valence-electron chi connectivity index (χ4n) is 3.99. The van der Waals surface area contributed by atoms with Crippen molar-refractivity contribution >= 4 is 44.6 Å². The molecule has 0 atom stereocenters. The highest BCUT2D eigenvalue weighted by Gasteiger charge is 2.25. The third-order valence-corrected chi connectivity index (χ3v) is 7.33. The van der Waals surface area contributed by atoms with Gasteiger partial charge in [0.1, 0.15) is 0 Å². The van der Waals surface area contributed by atoms with Crippen molar-refractivity contribution < 1.29 is 13.2 Å². The van der Waals surface area contributed by atoms with E-state index >= 15 is 0 Å². The van der Waals surface area contributed by atoms with Gasteiger partial charge >= 0.3 is 0 Å². The predicted octanol–water partition coefficient (Wildman–Crippen LogP) is 7.13. The summed E-state index contributed by atoms with van der Waals surface area (Å²) < 4.78 is 31.1. The van der Waals surface area contributed by atoms with E-state index in [0.29, 0.717) is 44.4 Å². The number of sulfone groups is 1. The molecule has 0 amide bonds. The normalized spacial score (nSPS) is 14.9. The van der Waals surface area contributed by atoms with Crippen molar-refractivity contribution in [2.24, 2.45) is 5.92 Å². The molecule has 0 spiro atoms. The second-order valence-electron chi connectivity index (χ2n) is 8.25. The van der Waals surface area contributed by atoms with Gasteiger partial charge in [0.05, 0.1) is 22.9 Å². The highest BCUT2D eigenvalue weighted by atomic mass is 35.5. The molecule has 0 N–H and O–H groups in total. The molecular weight excluding hydrogens is 503 g/mol. The monoisotopic (exact) mass is 524 g/mol. The summed E-state index contributed by atoms with van der Waals surface area (Å²) in [5, 5.41) is 1.06. The van der Waals surface area contributed by atoms with E-state index < -0.39 is 9.84 Å². The predicted molar refractivity (Wildman–Crippen MR) is 133 cm³/mol. The molecule has 174 valence electrons. The lowest BCUT2D eigenvalue weighted by molar-refractivity contribution is 0.202. The van der Waals surface area contributed by atoms with Gasteiger partial charge in [0.25, 0.3) is 5.16 Å². The average molecular weight is 526 g/mol. The molecule has 1 heterocycles. The van der Waals surface area contributed by atoms with E-state index in [9.17, 15) is 8.42 Å². The summed E-state index contributed by atoms with van der Waals surface area (Å²) in [7, 11) is -3.72. The number of rotatable bonds is 6. The first-order valence-electron chi connectivity index (χ1n) is 10.7. The molecule has 0 radical (unpaired) electrons. The fraction of sp³-hybridized carbons (Fsp3) is 0.333. The Morgan fingerprint density at radius 3 is 2.24 bits per heavy atom. The Balaban J connectivity index is 1.92. The summed E-state index contributed by atoms with van der Waals surface area (Å²) in [6, 6.07) is 12.1. The fourth-order valence-corrected chi connectivity index (χ4v) is 5.12. The first-order chi connectivity index (χ1) is 15.7. The Morgan fingerprint density at radius 2 is 1.61 bits per heavy atom. The van der Waals surface area contributed by atoms with Gasteiger partial charge in [-0.1, -0.05) is 66.2 Å². The molecule has 3 aromatic rings. The van der Waals surface area contributed by atoms with Crippen LogP contribution in [0.3, 0.4) is 0 Å². The minimum Gasteiger partial charge on any atom is -0.477 e. The first-order valence-corrected chi connectivity index (χ1v) is 13.7. The molecule has 4 rings (SSSR count). The number of hydrogen-bond acceptors (Lipinski definition) is 5. The number of benzene rings is 2. The summed E-state index contributed by atoms with van der Waals surface area (Å²) in [5.41, 5.74) is 2.17. The second kappa shape index (κ2) is 10.2. The lowest BCUT2D eigenvalue weighted by Gasteiger charge is -2.23. The van der Waals surface area contributed by atoms with E-state index in [-0.39, 0.29) is 11.0 Å². The van der Waals surface area contributed by atoms with E-state index in [1.165, 1.54) is 19.3 Å². The minimum absolute atomic E-state index is 0.208. The molecule has 2 aromatic carbocycles. The number of nitrogens with zero attached hydrogens (tertiary/aromatic N) is 2. The highest BCUT2D eigenvalue weighted by Crippen LogP contribution is 2.41. The lowest BCUT2D eigenvalue weighted by atomic mass is 9.90. The van der Waals surface area contributed by atoms with Gasteiger partial charge in [0, 0.05) is 21.9 Å². The van der Waals surface area contributed by atoms with Crippen LogP contribution < -0.4 is 4.74 Å². The third-order valence-electron chi connectivity index (χ3n) is 5.69. The van der Waals surface area contributed by atoms with Crippen LogP contribution in [0, 0.1) is 5.92 Å². The zero-order chi connectivity index (χ0) is 23.6. The van der Waals surface area contributed by atoms with E-state index in [1.54, 1.807) is 30.3 Å². The van der Waals surface area contributed by atoms with Gasteiger partial charge in [-0.15, -0.1) is 0 Å². The van der Waals surface area contributed by atoms with Crippen LogP contribution >= 0.6 is 34.8 Å². The zero-order valence-electron chi connectivity index (χ0n) is 18.0. The molecule has 9 heteroatoms. The van der Waals surface area contributed by atoms with Crippen molar-refractivity contribution in [3.63, 3.8) is 0 Å². The van der Waals surface area contributed by atoms with E-state index in [4.69, 9.17) is 39.5 Å². The maximum Gasteiger partial charge on any atom is 0.250 e. The molecule has 1 aliphatic rings. The Kier molecular flexibility index (Phi) is 7.49. The molecule has 33 heavy (non-hydrogen) atoms.